The molecule has 2 aromatic heterocycles. The standard InChI is InChI=1S/C21H22N4O2/c1-15-6-8-17(9-7-15)23-21-22-11-10-18(24-21)16-4-2-12-25(14-16)20(26)19-5-3-13-27-19/h3,5-11,13,16H,2,4,12,14H2,1H3,(H,22,23,24)/t16-/m0/s1. The SMILES string of the molecule is Cc1ccc(Nc2nccc([C@H]3CCCN(C(=O)c4ccco4)C3)n2)cc1. The molecule has 1 aliphatic rings. The lowest BCUT2D eigenvalue weighted by molar-refractivity contribution is 0.0673. The Bertz CT molecular complexity index is 906. The molecule has 1 saturated heterocycles. The van der Waals surface area contributed by atoms with Gasteiger partial charge in [-0.3, -0.25) is 4.79 Å². The lowest BCUT2D eigenvalue weighted by atomic mass is 9.94. The summed E-state index contributed by atoms with van der Waals surface area (Å²) in [4.78, 5) is 23.4. The number of aromatic nitrogens is 2. The first-order chi connectivity index (χ1) is 13.2. The number of anilines is 2. The molecule has 0 unspecified atom stereocenters. The Morgan fingerprint density at radius 1 is 1.22 bits per heavy atom. The number of carbonyl (C=O) groups is 1. The number of nitrogens with one attached hydrogen (secondary N) is 1. The van der Waals surface area contributed by atoms with Crippen LogP contribution in [-0.2, 0) is 0 Å². The van der Waals surface area contributed by atoms with Crippen molar-refractivity contribution in [3.63, 3.8) is 0 Å². The second kappa shape index (κ2) is 7.61. The highest BCUT2D eigenvalue weighted by molar-refractivity contribution is 5.91. The Balaban J connectivity index is 1.47. The van der Waals surface area contributed by atoms with E-state index in [-0.39, 0.29) is 11.8 Å². The second-order valence-electron chi connectivity index (χ2n) is 6.86. The summed E-state index contributed by atoms with van der Waals surface area (Å²) >= 11 is 0. The average Bonchev–Trinajstić information content (AvgIpc) is 3.24. The van der Waals surface area contributed by atoms with Gasteiger partial charge in [0.25, 0.3) is 5.91 Å². The molecule has 0 spiro atoms. The molecule has 3 aromatic rings. The minimum atomic E-state index is -0.0586. The summed E-state index contributed by atoms with van der Waals surface area (Å²) in [5, 5.41) is 3.25. The van der Waals surface area contributed by atoms with Crippen molar-refractivity contribution in [3.8, 4) is 0 Å². The highest BCUT2D eigenvalue weighted by Crippen LogP contribution is 2.27. The minimum absolute atomic E-state index is 0.0586. The fourth-order valence-corrected chi connectivity index (χ4v) is 3.39. The first-order valence-electron chi connectivity index (χ1n) is 9.18. The quantitative estimate of drug-likeness (QED) is 0.755. The molecule has 4 rings (SSSR count). The summed E-state index contributed by atoms with van der Waals surface area (Å²) in [6, 6.07) is 13.5. The molecule has 1 aromatic carbocycles. The number of amides is 1. The number of aryl methyl sites for hydroxylation is 1. The van der Waals surface area contributed by atoms with Crippen LogP contribution in [0.3, 0.4) is 0 Å². The van der Waals surface area contributed by atoms with E-state index in [1.807, 2.05) is 35.2 Å². The molecule has 3 heterocycles. The van der Waals surface area contributed by atoms with Crippen LogP contribution in [-0.4, -0.2) is 33.9 Å². The number of furan rings is 1. The topological polar surface area (TPSA) is 71.3 Å². The second-order valence-corrected chi connectivity index (χ2v) is 6.86. The van der Waals surface area contributed by atoms with Crippen LogP contribution < -0.4 is 5.32 Å². The first kappa shape index (κ1) is 17.3. The summed E-state index contributed by atoms with van der Waals surface area (Å²) in [6.07, 6.45) is 5.25. The van der Waals surface area contributed by atoms with Crippen LogP contribution in [0.2, 0.25) is 0 Å². The summed E-state index contributed by atoms with van der Waals surface area (Å²) in [7, 11) is 0. The summed E-state index contributed by atoms with van der Waals surface area (Å²) in [5.41, 5.74) is 3.12. The van der Waals surface area contributed by atoms with Gasteiger partial charge in [-0.05, 0) is 50.1 Å². The molecule has 0 aliphatic carbocycles. The molecule has 6 heteroatoms. The number of nitrogens with zero attached hydrogens (tertiary/aromatic N) is 3. The number of benzene rings is 1. The van der Waals surface area contributed by atoms with E-state index in [1.165, 1.54) is 11.8 Å². The normalized spacial score (nSPS) is 16.9. The summed E-state index contributed by atoms with van der Waals surface area (Å²) in [6.45, 7) is 3.44. The number of rotatable bonds is 4. The molecule has 1 N–H and O–H groups in total. The van der Waals surface area contributed by atoms with Crippen molar-refractivity contribution < 1.29 is 9.21 Å². The lowest BCUT2D eigenvalue weighted by Crippen LogP contribution is -2.39. The zero-order valence-electron chi connectivity index (χ0n) is 15.3. The van der Waals surface area contributed by atoms with E-state index in [0.717, 1.165) is 30.8 Å². The van der Waals surface area contributed by atoms with E-state index in [4.69, 9.17) is 4.42 Å². The maximum absolute atomic E-state index is 12.6. The van der Waals surface area contributed by atoms with Gasteiger partial charge in [0.2, 0.25) is 5.95 Å². The van der Waals surface area contributed by atoms with Gasteiger partial charge in [0, 0.05) is 30.9 Å². The average molecular weight is 362 g/mol. The Morgan fingerprint density at radius 2 is 2.07 bits per heavy atom. The fraction of sp³-hybridized carbons (Fsp3) is 0.286. The Hall–Kier alpha value is -3.15. The first-order valence-corrected chi connectivity index (χ1v) is 9.18. The van der Waals surface area contributed by atoms with E-state index in [1.54, 1.807) is 18.3 Å². The minimum Gasteiger partial charge on any atom is -0.459 e. The summed E-state index contributed by atoms with van der Waals surface area (Å²) in [5.74, 6) is 1.10. The molecule has 1 fully saturated rings. The number of likely N-dealkylation sites (tertiary alicyclic amines) is 1. The van der Waals surface area contributed by atoms with Gasteiger partial charge in [-0.1, -0.05) is 17.7 Å². The largest absolute Gasteiger partial charge is 0.459 e. The predicted molar refractivity (Wildman–Crippen MR) is 103 cm³/mol. The maximum atomic E-state index is 12.6. The van der Waals surface area contributed by atoms with Crippen molar-refractivity contribution in [1.82, 2.24) is 14.9 Å². The van der Waals surface area contributed by atoms with Gasteiger partial charge in [-0.25, -0.2) is 9.97 Å². The number of piperidine rings is 1. The van der Waals surface area contributed by atoms with Crippen LogP contribution in [0.1, 0.15) is 40.6 Å². The molecule has 6 nitrogen and oxygen atoms in total. The highest BCUT2D eigenvalue weighted by atomic mass is 16.3. The maximum Gasteiger partial charge on any atom is 0.289 e. The van der Waals surface area contributed by atoms with Crippen LogP contribution in [0.5, 0.6) is 0 Å². The smallest absolute Gasteiger partial charge is 0.289 e. The molecule has 0 saturated carbocycles. The van der Waals surface area contributed by atoms with E-state index in [0.29, 0.717) is 18.3 Å². The van der Waals surface area contributed by atoms with E-state index >= 15 is 0 Å². The Kier molecular flexibility index (Phi) is 4.87. The van der Waals surface area contributed by atoms with Gasteiger partial charge >= 0.3 is 0 Å². The molecule has 0 bridgehead atoms. The lowest BCUT2D eigenvalue weighted by Gasteiger charge is -2.32. The van der Waals surface area contributed by atoms with Crippen LogP contribution in [0, 0.1) is 6.92 Å². The Morgan fingerprint density at radius 3 is 2.85 bits per heavy atom. The molecule has 0 radical (unpaired) electrons. The Labute approximate surface area is 158 Å². The highest BCUT2D eigenvalue weighted by Gasteiger charge is 2.27. The van der Waals surface area contributed by atoms with Crippen LogP contribution >= 0.6 is 0 Å². The van der Waals surface area contributed by atoms with Crippen LogP contribution in [0.15, 0.2) is 59.3 Å². The molecule has 138 valence electrons. The molecule has 27 heavy (non-hydrogen) atoms. The third-order valence-corrected chi connectivity index (χ3v) is 4.84. The van der Waals surface area contributed by atoms with Crippen molar-refractivity contribution in [3.05, 3.63) is 71.9 Å². The summed E-state index contributed by atoms with van der Waals surface area (Å²) < 4.78 is 5.26. The molecular formula is C21H22N4O2. The van der Waals surface area contributed by atoms with Gasteiger partial charge in [0.1, 0.15) is 0 Å². The van der Waals surface area contributed by atoms with Crippen molar-refractivity contribution in [2.75, 3.05) is 18.4 Å². The number of carbonyl (C=O) groups excluding carboxylic acids is 1. The van der Waals surface area contributed by atoms with Crippen molar-refractivity contribution in [1.29, 1.82) is 0 Å². The van der Waals surface area contributed by atoms with Crippen LogP contribution in [0.25, 0.3) is 0 Å². The zero-order chi connectivity index (χ0) is 18.6. The van der Waals surface area contributed by atoms with Gasteiger partial charge in [-0.2, -0.15) is 0 Å². The van der Waals surface area contributed by atoms with Crippen molar-refractivity contribution in [2.45, 2.75) is 25.7 Å². The monoisotopic (exact) mass is 362 g/mol. The number of hydrogen-bond acceptors (Lipinski definition) is 5. The van der Waals surface area contributed by atoms with Crippen molar-refractivity contribution in [2.24, 2.45) is 0 Å². The van der Waals surface area contributed by atoms with Crippen molar-refractivity contribution >= 4 is 17.5 Å². The molecule has 1 aliphatic heterocycles. The third-order valence-electron chi connectivity index (χ3n) is 4.84. The van der Waals surface area contributed by atoms with Gasteiger partial charge in [-0.15, -0.1) is 0 Å². The fourth-order valence-electron chi connectivity index (χ4n) is 3.39. The van der Waals surface area contributed by atoms with E-state index < -0.39 is 0 Å². The van der Waals surface area contributed by atoms with Gasteiger partial charge in [0.05, 0.1) is 12.0 Å². The molecule has 1 amide bonds. The zero-order valence-corrected chi connectivity index (χ0v) is 15.3. The number of hydrogen-bond donors (Lipinski definition) is 1. The van der Waals surface area contributed by atoms with Gasteiger partial charge in [0.15, 0.2) is 5.76 Å². The molecule has 1 atom stereocenters. The van der Waals surface area contributed by atoms with E-state index in [2.05, 4.69) is 22.2 Å². The van der Waals surface area contributed by atoms with Crippen LogP contribution in [0.4, 0.5) is 11.6 Å². The predicted octanol–water partition coefficient (Wildman–Crippen LogP) is 4.14. The third kappa shape index (κ3) is 4.00. The van der Waals surface area contributed by atoms with Gasteiger partial charge < -0.3 is 14.6 Å². The molecular weight excluding hydrogens is 340 g/mol. The van der Waals surface area contributed by atoms with E-state index in [9.17, 15) is 4.79 Å².